The summed E-state index contributed by atoms with van der Waals surface area (Å²) in [5.74, 6) is 0.631. The zero-order chi connectivity index (χ0) is 12.9. The van der Waals surface area contributed by atoms with Gasteiger partial charge in [-0.15, -0.1) is 0 Å². The van der Waals surface area contributed by atoms with E-state index < -0.39 is 12.6 Å². The lowest BCUT2D eigenvalue weighted by Gasteiger charge is -2.10. The van der Waals surface area contributed by atoms with Gasteiger partial charge in [0, 0.05) is 18.8 Å². The molecule has 0 fully saturated rings. The van der Waals surface area contributed by atoms with Gasteiger partial charge in [0.1, 0.15) is 5.75 Å². The van der Waals surface area contributed by atoms with Gasteiger partial charge in [-0.3, -0.25) is 0 Å². The predicted molar refractivity (Wildman–Crippen MR) is 59.8 cm³/mol. The molecule has 0 spiro atoms. The fourth-order valence-electron chi connectivity index (χ4n) is 1.32. The minimum Gasteiger partial charge on any atom is -0.497 e. The molecule has 3 N–H and O–H groups in total. The molecule has 0 bridgehead atoms. The van der Waals surface area contributed by atoms with E-state index in [0.717, 1.165) is 5.56 Å². The van der Waals surface area contributed by atoms with Crippen molar-refractivity contribution in [2.24, 2.45) is 0 Å². The third-order valence-electron chi connectivity index (χ3n) is 2.25. The number of hydrogen-bond acceptors (Lipinski definition) is 3. The standard InChI is InChI=1S/C11H15F3N2O/c1-17-9-2-3-10(15)8(6-9)7-16-5-4-11(12,13)14/h2-3,6,16H,4-5,7,15H2,1H3. The van der Waals surface area contributed by atoms with Gasteiger partial charge in [0.15, 0.2) is 0 Å². The van der Waals surface area contributed by atoms with Gasteiger partial charge in [-0.1, -0.05) is 0 Å². The average molecular weight is 248 g/mol. The SMILES string of the molecule is COc1ccc(N)c(CNCCC(F)(F)F)c1. The largest absolute Gasteiger partial charge is 0.497 e. The molecule has 0 aromatic heterocycles. The summed E-state index contributed by atoms with van der Waals surface area (Å²) in [6.07, 6.45) is -4.98. The predicted octanol–water partition coefficient (Wildman–Crippen LogP) is 2.32. The summed E-state index contributed by atoms with van der Waals surface area (Å²) >= 11 is 0. The molecule has 0 aliphatic heterocycles. The molecule has 1 aromatic carbocycles. The smallest absolute Gasteiger partial charge is 0.390 e. The van der Waals surface area contributed by atoms with Crippen LogP contribution in [0.25, 0.3) is 0 Å². The number of hydrogen-bond donors (Lipinski definition) is 2. The van der Waals surface area contributed by atoms with E-state index in [1.807, 2.05) is 0 Å². The number of nitrogens with one attached hydrogen (secondary N) is 1. The Morgan fingerprint density at radius 2 is 2.06 bits per heavy atom. The van der Waals surface area contributed by atoms with Gasteiger partial charge < -0.3 is 15.8 Å². The number of nitrogens with two attached hydrogens (primary N) is 1. The Morgan fingerprint density at radius 1 is 1.35 bits per heavy atom. The number of anilines is 1. The molecule has 0 radical (unpaired) electrons. The molecule has 0 saturated heterocycles. The Labute approximate surface area is 97.8 Å². The maximum absolute atomic E-state index is 11.9. The second kappa shape index (κ2) is 5.77. The van der Waals surface area contributed by atoms with E-state index >= 15 is 0 Å². The molecule has 17 heavy (non-hydrogen) atoms. The van der Waals surface area contributed by atoms with Gasteiger partial charge in [0.25, 0.3) is 0 Å². The lowest BCUT2D eigenvalue weighted by Crippen LogP contribution is -2.21. The average Bonchev–Trinajstić information content (AvgIpc) is 2.25. The van der Waals surface area contributed by atoms with E-state index in [1.54, 1.807) is 18.2 Å². The van der Waals surface area contributed by atoms with Crippen molar-refractivity contribution in [2.75, 3.05) is 19.4 Å². The monoisotopic (exact) mass is 248 g/mol. The highest BCUT2D eigenvalue weighted by Gasteiger charge is 2.25. The maximum Gasteiger partial charge on any atom is 0.390 e. The molecule has 0 aliphatic carbocycles. The van der Waals surface area contributed by atoms with Crippen LogP contribution < -0.4 is 15.8 Å². The number of methoxy groups -OCH3 is 1. The highest BCUT2D eigenvalue weighted by atomic mass is 19.4. The van der Waals surface area contributed by atoms with Crippen LogP contribution >= 0.6 is 0 Å². The summed E-state index contributed by atoms with van der Waals surface area (Å²) in [6, 6.07) is 5.07. The fraction of sp³-hybridized carbons (Fsp3) is 0.455. The Morgan fingerprint density at radius 3 is 2.65 bits per heavy atom. The summed E-state index contributed by atoms with van der Waals surface area (Å²) < 4.78 is 40.7. The third kappa shape index (κ3) is 4.95. The van der Waals surface area contributed by atoms with Crippen molar-refractivity contribution in [3.05, 3.63) is 23.8 Å². The Balaban J connectivity index is 2.46. The van der Waals surface area contributed by atoms with Gasteiger partial charge in [-0.25, -0.2) is 0 Å². The second-order valence-electron chi connectivity index (χ2n) is 3.61. The number of nitrogen functional groups attached to an aromatic ring is 1. The molecule has 1 rings (SSSR count). The summed E-state index contributed by atoms with van der Waals surface area (Å²) in [6.45, 7) is 0.166. The van der Waals surface area contributed by atoms with Crippen LogP contribution in [0.2, 0.25) is 0 Å². The van der Waals surface area contributed by atoms with Crippen LogP contribution in [0.4, 0.5) is 18.9 Å². The summed E-state index contributed by atoms with van der Waals surface area (Å²) in [4.78, 5) is 0. The molecule has 1 aromatic rings. The molecule has 0 heterocycles. The van der Waals surface area contributed by atoms with Crippen molar-refractivity contribution >= 4 is 5.69 Å². The zero-order valence-corrected chi connectivity index (χ0v) is 9.47. The quantitative estimate of drug-likeness (QED) is 0.621. The van der Waals surface area contributed by atoms with Gasteiger partial charge in [-0.05, 0) is 23.8 Å². The van der Waals surface area contributed by atoms with E-state index in [0.29, 0.717) is 18.0 Å². The minimum atomic E-state index is -4.13. The Hall–Kier alpha value is -1.43. The fourth-order valence-corrected chi connectivity index (χ4v) is 1.32. The molecule has 0 unspecified atom stereocenters. The lowest BCUT2D eigenvalue weighted by atomic mass is 10.1. The number of alkyl halides is 3. The molecule has 0 saturated carbocycles. The van der Waals surface area contributed by atoms with Crippen LogP contribution in [0.5, 0.6) is 5.75 Å². The van der Waals surface area contributed by atoms with Crippen LogP contribution in [0.1, 0.15) is 12.0 Å². The molecular weight excluding hydrogens is 233 g/mol. The molecule has 3 nitrogen and oxygen atoms in total. The maximum atomic E-state index is 11.9. The van der Waals surface area contributed by atoms with Crippen LogP contribution in [0, 0.1) is 0 Å². The van der Waals surface area contributed by atoms with E-state index in [-0.39, 0.29) is 6.54 Å². The minimum absolute atomic E-state index is 0.125. The van der Waals surface area contributed by atoms with Crippen molar-refractivity contribution in [3.8, 4) is 5.75 Å². The second-order valence-corrected chi connectivity index (χ2v) is 3.61. The normalized spacial score (nSPS) is 11.5. The highest BCUT2D eigenvalue weighted by Crippen LogP contribution is 2.20. The molecule has 0 aliphatic rings. The molecular formula is C11H15F3N2O. The topological polar surface area (TPSA) is 47.3 Å². The molecule has 0 amide bonds. The number of halogens is 3. The first kappa shape index (κ1) is 13.6. The van der Waals surface area contributed by atoms with Crippen LogP contribution in [-0.4, -0.2) is 19.8 Å². The lowest BCUT2D eigenvalue weighted by molar-refractivity contribution is -0.133. The van der Waals surface area contributed by atoms with E-state index in [4.69, 9.17) is 10.5 Å². The third-order valence-corrected chi connectivity index (χ3v) is 2.25. The van der Waals surface area contributed by atoms with Crippen LogP contribution in [0.3, 0.4) is 0 Å². The number of benzene rings is 1. The summed E-state index contributed by atoms with van der Waals surface area (Å²) in [5, 5.41) is 2.69. The van der Waals surface area contributed by atoms with E-state index in [9.17, 15) is 13.2 Å². The first-order chi connectivity index (χ1) is 7.92. The van der Waals surface area contributed by atoms with Gasteiger partial charge in [0.05, 0.1) is 13.5 Å². The van der Waals surface area contributed by atoms with Crippen molar-refractivity contribution in [2.45, 2.75) is 19.1 Å². The summed E-state index contributed by atoms with van der Waals surface area (Å²) in [7, 11) is 1.52. The van der Waals surface area contributed by atoms with E-state index in [2.05, 4.69) is 5.32 Å². The first-order valence-electron chi connectivity index (χ1n) is 5.12. The van der Waals surface area contributed by atoms with Crippen molar-refractivity contribution < 1.29 is 17.9 Å². The molecule has 0 atom stereocenters. The first-order valence-corrected chi connectivity index (χ1v) is 5.12. The van der Waals surface area contributed by atoms with Crippen LogP contribution in [0.15, 0.2) is 18.2 Å². The molecule has 6 heteroatoms. The van der Waals surface area contributed by atoms with Crippen molar-refractivity contribution in [1.82, 2.24) is 5.32 Å². The van der Waals surface area contributed by atoms with E-state index in [1.165, 1.54) is 7.11 Å². The summed E-state index contributed by atoms with van der Waals surface area (Å²) in [5.41, 5.74) is 6.96. The number of ether oxygens (including phenoxy) is 1. The Bertz CT molecular complexity index is 366. The van der Waals surface area contributed by atoms with Crippen molar-refractivity contribution in [3.63, 3.8) is 0 Å². The van der Waals surface area contributed by atoms with Crippen LogP contribution in [-0.2, 0) is 6.54 Å². The molecule has 96 valence electrons. The van der Waals surface area contributed by atoms with Gasteiger partial charge in [-0.2, -0.15) is 13.2 Å². The Kier molecular flexibility index (Phi) is 4.62. The highest BCUT2D eigenvalue weighted by molar-refractivity contribution is 5.50. The van der Waals surface area contributed by atoms with Gasteiger partial charge in [0.2, 0.25) is 0 Å². The van der Waals surface area contributed by atoms with Gasteiger partial charge >= 0.3 is 6.18 Å². The number of rotatable bonds is 5. The zero-order valence-electron chi connectivity index (χ0n) is 9.47. The van der Waals surface area contributed by atoms with Crippen molar-refractivity contribution in [1.29, 1.82) is 0 Å².